The van der Waals surface area contributed by atoms with Gasteiger partial charge in [0.1, 0.15) is 11.4 Å². The number of hydrogen-bond donors (Lipinski definition) is 1. The van der Waals surface area contributed by atoms with Gasteiger partial charge in [0.05, 0.1) is 18.5 Å². The van der Waals surface area contributed by atoms with Crippen LogP contribution in [-0.4, -0.2) is 35.3 Å². The lowest BCUT2D eigenvalue weighted by atomic mass is 9.95. The third-order valence-electron chi connectivity index (χ3n) is 6.06. The first kappa shape index (κ1) is 26.7. The zero-order chi connectivity index (χ0) is 25.4. The van der Waals surface area contributed by atoms with E-state index < -0.39 is 5.41 Å². The number of pyridine rings is 1. The van der Waals surface area contributed by atoms with Gasteiger partial charge in [0.15, 0.2) is 0 Å². The summed E-state index contributed by atoms with van der Waals surface area (Å²) in [5.74, 6) is 1.36. The van der Waals surface area contributed by atoms with Crippen LogP contribution in [0.2, 0.25) is 0 Å². The molecule has 0 fully saturated rings. The largest absolute Gasteiger partial charge is 0.494 e. The summed E-state index contributed by atoms with van der Waals surface area (Å²) < 4.78 is 13.5. The van der Waals surface area contributed by atoms with Gasteiger partial charge in [-0.3, -0.25) is 4.79 Å². The number of amides is 1. The first-order valence-corrected chi connectivity index (χ1v) is 12.8. The molecule has 35 heavy (non-hydrogen) atoms. The summed E-state index contributed by atoms with van der Waals surface area (Å²) >= 11 is 0. The molecule has 0 bridgehead atoms. The van der Waals surface area contributed by atoms with E-state index in [0.717, 1.165) is 61.5 Å². The van der Waals surface area contributed by atoms with Crippen molar-refractivity contribution in [1.82, 2.24) is 9.55 Å². The summed E-state index contributed by atoms with van der Waals surface area (Å²) in [4.78, 5) is 17.3. The number of nitrogens with one attached hydrogen (secondary N) is 1. The highest BCUT2D eigenvalue weighted by Gasteiger charge is 2.22. The van der Waals surface area contributed by atoms with Crippen LogP contribution >= 0.6 is 0 Å². The molecule has 6 nitrogen and oxygen atoms in total. The Bertz CT molecular complexity index is 1100. The molecule has 0 aliphatic carbocycles. The van der Waals surface area contributed by atoms with Gasteiger partial charge in [-0.2, -0.15) is 0 Å². The van der Waals surface area contributed by atoms with Gasteiger partial charge in [0.25, 0.3) is 0 Å². The Kier molecular flexibility index (Phi) is 9.33. The van der Waals surface area contributed by atoms with Gasteiger partial charge in [-0.15, -0.1) is 0 Å². The maximum atomic E-state index is 12.5. The number of benzene rings is 1. The number of carbonyl (C=O) groups is 1. The van der Waals surface area contributed by atoms with Gasteiger partial charge in [-0.05, 0) is 62.4 Å². The quantitative estimate of drug-likeness (QED) is 0.303. The van der Waals surface area contributed by atoms with Gasteiger partial charge in [-0.25, -0.2) is 4.98 Å². The van der Waals surface area contributed by atoms with Crippen LogP contribution in [0.1, 0.15) is 65.6 Å². The van der Waals surface area contributed by atoms with Crippen molar-refractivity contribution in [2.24, 2.45) is 11.3 Å². The number of aromatic nitrogens is 2. The van der Waals surface area contributed by atoms with Crippen molar-refractivity contribution in [3.63, 3.8) is 0 Å². The van der Waals surface area contributed by atoms with E-state index in [4.69, 9.17) is 14.5 Å². The Morgan fingerprint density at radius 3 is 2.51 bits per heavy atom. The van der Waals surface area contributed by atoms with Crippen molar-refractivity contribution in [3.8, 4) is 5.75 Å². The zero-order valence-electron chi connectivity index (χ0n) is 22.2. The van der Waals surface area contributed by atoms with Crippen LogP contribution in [0.5, 0.6) is 5.75 Å². The molecule has 0 aliphatic rings. The predicted molar refractivity (Wildman–Crippen MR) is 143 cm³/mol. The van der Waals surface area contributed by atoms with Crippen molar-refractivity contribution < 1.29 is 14.3 Å². The molecule has 0 aliphatic heterocycles. The number of anilines is 1. The fourth-order valence-electron chi connectivity index (χ4n) is 4.10. The number of hydrogen-bond acceptors (Lipinski definition) is 4. The Balaban J connectivity index is 1.87. The fourth-order valence-corrected chi connectivity index (χ4v) is 4.10. The minimum atomic E-state index is -0.462. The number of nitrogens with zero attached hydrogens (tertiary/aromatic N) is 2. The lowest BCUT2D eigenvalue weighted by molar-refractivity contribution is -0.123. The van der Waals surface area contributed by atoms with Crippen LogP contribution in [0, 0.1) is 11.3 Å². The molecule has 6 heteroatoms. The first-order chi connectivity index (χ1) is 16.7. The molecule has 190 valence electrons. The third-order valence-corrected chi connectivity index (χ3v) is 6.06. The fraction of sp³-hybridized carbons (Fsp3) is 0.517. The summed E-state index contributed by atoms with van der Waals surface area (Å²) in [5, 5.41) is 4.05. The Hall–Kier alpha value is -2.86. The zero-order valence-corrected chi connectivity index (χ0v) is 22.2. The Morgan fingerprint density at radius 2 is 1.86 bits per heavy atom. The van der Waals surface area contributed by atoms with E-state index in [1.54, 1.807) is 6.20 Å². The van der Waals surface area contributed by atoms with Crippen molar-refractivity contribution in [3.05, 3.63) is 53.9 Å². The Labute approximate surface area is 210 Å². The van der Waals surface area contributed by atoms with Gasteiger partial charge in [0, 0.05) is 42.7 Å². The monoisotopic (exact) mass is 479 g/mol. The van der Waals surface area contributed by atoms with E-state index in [9.17, 15) is 4.79 Å². The van der Waals surface area contributed by atoms with E-state index in [1.807, 2.05) is 52.8 Å². The molecule has 1 aromatic carbocycles. The van der Waals surface area contributed by atoms with Crippen LogP contribution in [0.25, 0.3) is 11.0 Å². The van der Waals surface area contributed by atoms with E-state index in [2.05, 4.69) is 35.0 Å². The molecule has 0 spiro atoms. The molecule has 2 heterocycles. The molecule has 0 saturated heterocycles. The van der Waals surface area contributed by atoms with Crippen LogP contribution < -0.4 is 10.1 Å². The molecule has 1 amide bonds. The van der Waals surface area contributed by atoms with Crippen molar-refractivity contribution in [2.45, 2.75) is 67.3 Å². The maximum Gasteiger partial charge on any atom is 0.229 e. The smallest absolute Gasteiger partial charge is 0.229 e. The molecular formula is C29H41N3O3. The van der Waals surface area contributed by atoms with Crippen LogP contribution in [-0.2, 0) is 22.5 Å². The van der Waals surface area contributed by atoms with Crippen LogP contribution in [0.15, 0.2) is 42.6 Å². The first-order valence-electron chi connectivity index (χ1n) is 12.8. The summed E-state index contributed by atoms with van der Waals surface area (Å²) in [5.41, 5.74) is 3.66. The van der Waals surface area contributed by atoms with E-state index in [0.29, 0.717) is 12.5 Å². The third kappa shape index (κ3) is 7.56. The number of ether oxygens (including phenoxy) is 2. The standard InChI is InChI=1S/C29H41N3O3/c1-7-34-15-9-10-21(3)20-32-25(16-22-11-13-26(14-12-22)35-8-2)18-23-17-24(19-30-27(23)32)31-28(33)29(4,5)6/h11-14,17-19,21H,7-10,15-16,20H2,1-6H3,(H,31,33). The second-order valence-corrected chi connectivity index (χ2v) is 10.3. The van der Waals surface area contributed by atoms with Crippen LogP contribution in [0.3, 0.4) is 0 Å². The van der Waals surface area contributed by atoms with Gasteiger partial charge >= 0.3 is 0 Å². The summed E-state index contributed by atoms with van der Waals surface area (Å²) in [6.45, 7) is 15.2. The second kappa shape index (κ2) is 12.2. The highest BCUT2D eigenvalue weighted by Crippen LogP contribution is 2.27. The number of rotatable bonds is 12. The number of carbonyl (C=O) groups excluding carboxylic acids is 1. The highest BCUT2D eigenvalue weighted by molar-refractivity contribution is 5.96. The average Bonchev–Trinajstić information content (AvgIpc) is 3.13. The predicted octanol–water partition coefficient (Wildman–Crippen LogP) is 6.46. The van der Waals surface area contributed by atoms with E-state index in [-0.39, 0.29) is 5.91 Å². The molecule has 3 rings (SSSR count). The lowest BCUT2D eigenvalue weighted by Gasteiger charge is -2.18. The molecule has 2 aromatic heterocycles. The molecule has 0 saturated carbocycles. The van der Waals surface area contributed by atoms with Crippen LogP contribution in [0.4, 0.5) is 5.69 Å². The normalized spacial score (nSPS) is 12.6. The van der Waals surface area contributed by atoms with Gasteiger partial charge < -0.3 is 19.4 Å². The lowest BCUT2D eigenvalue weighted by Crippen LogP contribution is -2.27. The molecule has 1 unspecified atom stereocenters. The topological polar surface area (TPSA) is 65.4 Å². The highest BCUT2D eigenvalue weighted by atomic mass is 16.5. The SMILES string of the molecule is CCOCCCC(C)Cn1c(Cc2ccc(OCC)cc2)cc2cc(NC(=O)C(C)(C)C)cnc21. The van der Waals surface area contributed by atoms with Crippen molar-refractivity contribution in [1.29, 1.82) is 0 Å². The van der Waals surface area contributed by atoms with E-state index >= 15 is 0 Å². The Morgan fingerprint density at radius 1 is 1.11 bits per heavy atom. The van der Waals surface area contributed by atoms with Crippen molar-refractivity contribution >= 4 is 22.6 Å². The maximum absolute atomic E-state index is 12.5. The average molecular weight is 480 g/mol. The second-order valence-electron chi connectivity index (χ2n) is 10.3. The molecular weight excluding hydrogens is 438 g/mol. The molecule has 1 N–H and O–H groups in total. The van der Waals surface area contributed by atoms with Gasteiger partial charge in [0.2, 0.25) is 5.91 Å². The summed E-state index contributed by atoms with van der Waals surface area (Å²) in [6.07, 6.45) is 4.72. The summed E-state index contributed by atoms with van der Waals surface area (Å²) in [7, 11) is 0. The molecule has 3 aromatic rings. The minimum Gasteiger partial charge on any atom is -0.494 e. The summed E-state index contributed by atoms with van der Waals surface area (Å²) in [6, 6.07) is 12.5. The number of fused-ring (bicyclic) bond motifs is 1. The van der Waals surface area contributed by atoms with Gasteiger partial charge in [-0.1, -0.05) is 39.8 Å². The van der Waals surface area contributed by atoms with E-state index in [1.165, 1.54) is 11.3 Å². The van der Waals surface area contributed by atoms with Crippen molar-refractivity contribution in [2.75, 3.05) is 25.1 Å². The minimum absolute atomic E-state index is 0.0179. The molecule has 1 atom stereocenters. The molecule has 0 radical (unpaired) electrons.